The van der Waals surface area contributed by atoms with E-state index in [1.54, 1.807) is 42.5 Å². The number of nitrogens with two attached hydrogens (primary N) is 1. The Morgan fingerprint density at radius 1 is 0.760 bits per heavy atom. The molecule has 124 valence electrons. The van der Waals surface area contributed by atoms with Crippen LogP contribution in [-0.4, -0.2) is 11.8 Å². The van der Waals surface area contributed by atoms with Crippen LogP contribution in [0.3, 0.4) is 0 Å². The normalized spacial score (nSPS) is 10.1. The quantitative estimate of drug-likeness (QED) is 0.745. The number of ether oxygens (including phenoxy) is 1. The lowest BCUT2D eigenvalue weighted by atomic mass is 10.1. The van der Waals surface area contributed by atoms with Crippen LogP contribution in [0.4, 0.5) is 5.69 Å². The van der Waals surface area contributed by atoms with E-state index in [1.165, 1.54) is 6.07 Å². The predicted octanol–water partition coefficient (Wildman–Crippen LogP) is 3.83. The molecule has 0 atom stereocenters. The molecule has 0 aromatic heterocycles. The fraction of sp³-hybridized carbons (Fsp3) is 0. The molecule has 0 fully saturated rings. The summed E-state index contributed by atoms with van der Waals surface area (Å²) >= 11 is 0. The number of carbonyl (C=O) groups is 2. The molecule has 2 amide bonds. The number of nitrogens with one attached hydrogen (secondary N) is 1. The number of anilines is 1. The molecule has 3 rings (SSSR count). The summed E-state index contributed by atoms with van der Waals surface area (Å²) in [6.45, 7) is 0. The number of benzene rings is 3. The molecule has 0 heterocycles. The van der Waals surface area contributed by atoms with E-state index < -0.39 is 5.91 Å². The van der Waals surface area contributed by atoms with Crippen molar-refractivity contribution in [2.75, 3.05) is 5.32 Å². The molecule has 0 unspecified atom stereocenters. The number of carbonyl (C=O) groups excluding carboxylic acids is 2. The molecule has 3 N–H and O–H groups in total. The van der Waals surface area contributed by atoms with Gasteiger partial charge in [0.25, 0.3) is 5.91 Å². The summed E-state index contributed by atoms with van der Waals surface area (Å²) < 4.78 is 5.73. The van der Waals surface area contributed by atoms with E-state index in [2.05, 4.69) is 5.32 Å². The van der Waals surface area contributed by atoms with Gasteiger partial charge < -0.3 is 15.8 Å². The van der Waals surface area contributed by atoms with Crippen LogP contribution in [-0.2, 0) is 0 Å². The van der Waals surface area contributed by atoms with Gasteiger partial charge in [-0.2, -0.15) is 0 Å². The molecule has 5 nitrogen and oxygen atoms in total. The van der Waals surface area contributed by atoms with Gasteiger partial charge in [-0.05, 0) is 48.5 Å². The minimum Gasteiger partial charge on any atom is -0.457 e. The van der Waals surface area contributed by atoms with Crippen LogP contribution in [0.25, 0.3) is 0 Å². The molecule has 0 saturated heterocycles. The van der Waals surface area contributed by atoms with Crippen LogP contribution >= 0.6 is 0 Å². The highest BCUT2D eigenvalue weighted by Gasteiger charge is 2.09. The van der Waals surface area contributed by atoms with Crippen LogP contribution in [0, 0.1) is 0 Å². The molecule has 0 aliphatic carbocycles. The molecule has 0 spiro atoms. The fourth-order valence-corrected chi connectivity index (χ4v) is 2.28. The second-order valence-electron chi connectivity index (χ2n) is 5.34. The molecule has 0 radical (unpaired) electrons. The Bertz CT molecular complexity index is 908. The molecule has 25 heavy (non-hydrogen) atoms. The van der Waals surface area contributed by atoms with Crippen molar-refractivity contribution in [2.45, 2.75) is 0 Å². The van der Waals surface area contributed by atoms with Crippen molar-refractivity contribution in [1.29, 1.82) is 0 Å². The zero-order valence-electron chi connectivity index (χ0n) is 13.3. The number of primary amides is 1. The largest absolute Gasteiger partial charge is 0.457 e. The standard InChI is InChI=1S/C20H16N2O3/c21-19(23)14-6-4-8-16(12-14)22-20(24)15-7-5-11-18(13-15)25-17-9-2-1-3-10-17/h1-13H,(H2,21,23)(H,22,24). The van der Waals surface area contributed by atoms with Gasteiger partial charge in [-0.25, -0.2) is 0 Å². The van der Waals surface area contributed by atoms with Crippen LogP contribution in [0.1, 0.15) is 20.7 Å². The Kier molecular flexibility index (Phi) is 4.76. The zero-order valence-corrected chi connectivity index (χ0v) is 13.3. The molecular weight excluding hydrogens is 316 g/mol. The Morgan fingerprint density at radius 3 is 2.20 bits per heavy atom. The molecule has 3 aromatic carbocycles. The lowest BCUT2D eigenvalue weighted by Crippen LogP contribution is -2.14. The van der Waals surface area contributed by atoms with Crippen LogP contribution < -0.4 is 15.8 Å². The average molecular weight is 332 g/mol. The molecule has 0 bridgehead atoms. The smallest absolute Gasteiger partial charge is 0.255 e. The summed E-state index contributed by atoms with van der Waals surface area (Å²) in [6, 6.07) is 22.6. The van der Waals surface area contributed by atoms with Crippen molar-refractivity contribution >= 4 is 17.5 Å². The topological polar surface area (TPSA) is 81.4 Å². The lowest BCUT2D eigenvalue weighted by molar-refractivity contribution is 0.0996. The first kappa shape index (κ1) is 16.3. The average Bonchev–Trinajstić information content (AvgIpc) is 2.63. The molecule has 0 aliphatic rings. The number of amides is 2. The van der Waals surface area contributed by atoms with Crippen LogP contribution in [0.15, 0.2) is 78.9 Å². The molecule has 0 saturated carbocycles. The summed E-state index contributed by atoms with van der Waals surface area (Å²) in [4.78, 5) is 23.6. The second kappa shape index (κ2) is 7.31. The number of rotatable bonds is 5. The van der Waals surface area contributed by atoms with Gasteiger partial charge in [0, 0.05) is 16.8 Å². The third kappa shape index (κ3) is 4.23. The Labute approximate surface area is 145 Å². The number of hydrogen-bond acceptors (Lipinski definition) is 3. The van der Waals surface area contributed by atoms with Gasteiger partial charge in [-0.15, -0.1) is 0 Å². The van der Waals surface area contributed by atoms with E-state index in [4.69, 9.17) is 10.5 Å². The SMILES string of the molecule is NC(=O)c1cccc(NC(=O)c2cccc(Oc3ccccc3)c2)c1. The van der Waals surface area contributed by atoms with Gasteiger partial charge in [0.1, 0.15) is 11.5 Å². The monoisotopic (exact) mass is 332 g/mol. The van der Waals surface area contributed by atoms with Gasteiger partial charge in [0.15, 0.2) is 0 Å². The second-order valence-corrected chi connectivity index (χ2v) is 5.34. The minimum atomic E-state index is -0.547. The third-order valence-electron chi connectivity index (χ3n) is 3.48. The van der Waals surface area contributed by atoms with Crippen molar-refractivity contribution < 1.29 is 14.3 Å². The van der Waals surface area contributed by atoms with E-state index in [0.717, 1.165) is 0 Å². The Morgan fingerprint density at radius 2 is 1.44 bits per heavy atom. The Balaban J connectivity index is 1.75. The van der Waals surface area contributed by atoms with Crippen molar-refractivity contribution in [3.05, 3.63) is 90.0 Å². The van der Waals surface area contributed by atoms with E-state index >= 15 is 0 Å². The van der Waals surface area contributed by atoms with E-state index in [0.29, 0.717) is 28.3 Å². The number of hydrogen-bond donors (Lipinski definition) is 2. The van der Waals surface area contributed by atoms with Gasteiger partial charge in [0.2, 0.25) is 5.91 Å². The number of para-hydroxylation sites is 1. The summed E-state index contributed by atoms with van der Waals surface area (Å²) in [5.74, 6) is 0.397. The third-order valence-corrected chi connectivity index (χ3v) is 3.48. The summed E-state index contributed by atoms with van der Waals surface area (Å²) in [6.07, 6.45) is 0. The van der Waals surface area contributed by atoms with Gasteiger partial charge in [0.05, 0.1) is 0 Å². The maximum atomic E-state index is 12.4. The summed E-state index contributed by atoms with van der Waals surface area (Å²) in [7, 11) is 0. The predicted molar refractivity (Wildman–Crippen MR) is 95.9 cm³/mol. The molecule has 5 heteroatoms. The van der Waals surface area contributed by atoms with Gasteiger partial charge in [-0.3, -0.25) is 9.59 Å². The lowest BCUT2D eigenvalue weighted by Gasteiger charge is -2.09. The van der Waals surface area contributed by atoms with Crippen molar-refractivity contribution in [2.24, 2.45) is 5.73 Å². The molecular formula is C20H16N2O3. The van der Waals surface area contributed by atoms with Crippen molar-refractivity contribution in [1.82, 2.24) is 0 Å². The van der Waals surface area contributed by atoms with Crippen molar-refractivity contribution in [3.8, 4) is 11.5 Å². The fourth-order valence-electron chi connectivity index (χ4n) is 2.28. The van der Waals surface area contributed by atoms with Gasteiger partial charge >= 0.3 is 0 Å². The van der Waals surface area contributed by atoms with E-state index in [1.807, 2.05) is 30.3 Å². The highest BCUT2D eigenvalue weighted by molar-refractivity contribution is 6.05. The highest BCUT2D eigenvalue weighted by Crippen LogP contribution is 2.22. The highest BCUT2D eigenvalue weighted by atomic mass is 16.5. The minimum absolute atomic E-state index is 0.305. The first-order valence-electron chi connectivity index (χ1n) is 7.66. The van der Waals surface area contributed by atoms with Gasteiger partial charge in [-0.1, -0.05) is 30.3 Å². The summed E-state index contributed by atoms with van der Waals surface area (Å²) in [5.41, 5.74) is 6.52. The summed E-state index contributed by atoms with van der Waals surface area (Å²) in [5, 5.41) is 2.74. The van der Waals surface area contributed by atoms with Crippen LogP contribution in [0.2, 0.25) is 0 Å². The zero-order chi connectivity index (χ0) is 17.6. The molecule has 0 aliphatic heterocycles. The van der Waals surface area contributed by atoms with E-state index in [-0.39, 0.29) is 5.91 Å². The first-order valence-corrected chi connectivity index (χ1v) is 7.66. The maximum Gasteiger partial charge on any atom is 0.255 e. The maximum absolute atomic E-state index is 12.4. The van der Waals surface area contributed by atoms with Crippen LogP contribution in [0.5, 0.6) is 11.5 Å². The Hall–Kier alpha value is -3.60. The molecule has 3 aromatic rings. The van der Waals surface area contributed by atoms with Crippen molar-refractivity contribution in [3.63, 3.8) is 0 Å². The van der Waals surface area contributed by atoms with E-state index in [9.17, 15) is 9.59 Å². The first-order chi connectivity index (χ1) is 12.1.